The molecule has 2 aromatic carbocycles. The highest BCUT2D eigenvalue weighted by Gasteiger charge is 2.02. The Labute approximate surface area is 149 Å². The molecule has 0 aliphatic carbocycles. The fourth-order valence-corrected chi connectivity index (χ4v) is 2.68. The highest BCUT2D eigenvalue weighted by molar-refractivity contribution is 5.42. The smallest absolute Gasteiger partial charge is 0.224 e. The first-order valence-electron chi connectivity index (χ1n) is 8.71. The van der Waals surface area contributed by atoms with E-state index in [2.05, 4.69) is 69.1 Å². The summed E-state index contributed by atoms with van der Waals surface area (Å²) in [5.41, 5.74) is 3.59. The second-order valence-electron chi connectivity index (χ2n) is 6.04. The van der Waals surface area contributed by atoms with Gasteiger partial charge in [0, 0.05) is 24.8 Å². The quantitative estimate of drug-likeness (QED) is 0.652. The molecule has 0 radical (unpaired) electrons. The number of benzene rings is 2. The first kappa shape index (κ1) is 17.0. The molecule has 25 heavy (non-hydrogen) atoms. The lowest BCUT2D eigenvalue weighted by atomic mass is 10.1. The van der Waals surface area contributed by atoms with E-state index in [1.54, 1.807) is 0 Å². The molecule has 0 saturated heterocycles. The minimum atomic E-state index is 0.679. The molecular weight excluding hydrogens is 308 g/mol. The molecule has 0 aliphatic heterocycles. The van der Waals surface area contributed by atoms with Crippen LogP contribution in [0.2, 0.25) is 0 Å². The second-order valence-corrected chi connectivity index (χ2v) is 6.04. The number of rotatable bonds is 8. The maximum absolute atomic E-state index is 4.56. The van der Waals surface area contributed by atoms with E-state index >= 15 is 0 Å². The zero-order valence-corrected chi connectivity index (χ0v) is 14.6. The van der Waals surface area contributed by atoms with Gasteiger partial charge in [-0.05, 0) is 30.9 Å². The molecule has 4 heteroatoms. The highest BCUT2D eigenvalue weighted by atomic mass is 15.1. The number of hydrogen-bond acceptors (Lipinski definition) is 4. The zero-order chi connectivity index (χ0) is 17.3. The summed E-state index contributed by atoms with van der Waals surface area (Å²) in [7, 11) is 0. The van der Waals surface area contributed by atoms with Crippen molar-refractivity contribution < 1.29 is 0 Å². The van der Waals surface area contributed by atoms with E-state index in [1.165, 1.54) is 11.1 Å². The topological polar surface area (TPSA) is 49.8 Å². The Morgan fingerprint density at radius 2 is 1.28 bits per heavy atom. The van der Waals surface area contributed by atoms with Gasteiger partial charge in [0.2, 0.25) is 5.95 Å². The summed E-state index contributed by atoms with van der Waals surface area (Å²) >= 11 is 0. The maximum atomic E-state index is 4.56. The monoisotopic (exact) mass is 332 g/mol. The Morgan fingerprint density at radius 3 is 1.88 bits per heavy atom. The van der Waals surface area contributed by atoms with Gasteiger partial charge in [-0.25, -0.2) is 4.98 Å². The predicted molar refractivity (Wildman–Crippen MR) is 104 cm³/mol. The predicted octanol–water partition coefficient (Wildman–Crippen LogP) is 4.09. The number of aryl methyl sites for hydroxylation is 1. The van der Waals surface area contributed by atoms with E-state index in [-0.39, 0.29) is 0 Å². The molecule has 3 aromatic rings. The molecule has 0 spiro atoms. The molecule has 1 heterocycles. The standard InChI is InChI=1S/C21H24N4/c1-17-16-20(22-14-12-18-8-4-2-5-9-18)25-21(24-17)23-15-13-19-10-6-3-7-11-19/h2-11,16H,12-15H2,1H3,(H2,22,23,24,25). The van der Waals surface area contributed by atoms with Crippen LogP contribution < -0.4 is 10.6 Å². The van der Waals surface area contributed by atoms with Crippen molar-refractivity contribution in [3.63, 3.8) is 0 Å². The van der Waals surface area contributed by atoms with Crippen LogP contribution in [0.5, 0.6) is 0 Å². The Hall–Kier alpha value is -2.88. The van der Waals surface area contributed by atoms with Gasteiger partial charge in [-0.1, -0.05) is 60.7 Å². The van der Waals surface area contributed by atoms with Crippen molar-refractivity contribution in [1.82, 2.24) is 9.97 Å². The third kappa shape index (κ3) is 5.60. The summed E-state index contributed by atoms with van der Waals surface area (Å²) in [6.07, 6.45) is 1.93. The second kappa shape index (κ2) is 8.83. The Bertz CT molecular complexity index is 709. The molecule has 0 bridgehead atoms. The van der Waals surface area contributed by atoms with Crippen LogP contribution in [-0.2, 0) is 12.8 Å². The molecule has 1 aromatic heterocycles. The molecule has 0 saturated carbocycles. The third-order valence-corrected chi connectivity index (χ3v) is 3.96. The summed E-state index contributed by atoms with van der Waals surface area (Å²) in [5, 5.41) is 6.71. The average Bonchev–Trinajstić information content (AvgIpc) is 2.63. The number of nitrogens with one attached hydrogen (secondary N) is 2. The molecular formula is C21H24N4. The minimum absolute atomic E-state index is 0.679. The van der Waals surface area contributed by atoms with Crippen molar-refractivity contribution in [1.29, 1.82) is 0 Å². The summed E-state index contributed by atoms with van der Waals surface area (Å²) in [5.74, 6) is 1.55. The number of aromatic nitrogens is 2. The maximum Gasteiger partial charge on any atom is 0.224 e. The molecule has 2 N–H and O–H groups in total. The van der Waals surface area contributed by atoms with Crippen LogP contribution in [0.1, 0.15) is 16.8 Å². The number of nitrogens with zero attached hydrogens (tertiary/aromatic N) is 2. The Balaban J connectivity index is 1.51. The van der Waals surface area contributed by atoms with Crippen LogP contribution in [0.3, 0.4) is 0 Å². The van der Waals surface area contributed by atoms with Crippen LogP contribution in [0.4, 0.5) is 11.8 Å². The van der Waals surface area contributed by atoms with Crippen LogP contribution in [0, 0.1) is 6.92 Å². The van der Waals surface area contributed by atoms with E-state index in [4.69, 9.17) is 0 Å². The summed E-state index contributed by atoms with van der Waals surface area (Å²) < 4.78 is 0. The van der Waals surface area contributed by atoms with Gasteiger partial charge in [0.15, 0.2) is 0 Å². The van der Waals surface area contributed by atoms with Crippen molar-refractivity contribution in [3.05, 3.63) is 83.6 Å². The van der Waals surface area contributed by atoms with Gasteiger partial charge in [-0.3, -0.25) is 0 Å². The van der Waals surface area contributed by atoms with Gasteiger partial charge in [0.25, 0.3) is 0 Å². The fourth-order valence-electron chi connectivity index (χ4n) is 2.68. The lowest BCUT2D eigenvalue weighted by Crippen LogP contribution is -2.11. The first-order valence-corrected chi connectivity index (χ1v) is 8.71. The lowest BCUT2D eigenvalue weighted by molar-refractivity contribution is 0.961. The van der Waals surface area contributed by atoms with Crippen molar-refractivity contribution in [3.8, 4) is 0 Å². The Morgan fingerprint density at radius 1 is 0.720 bits per heavy atom. The first-order chi connectivity index (χ1) is 12.3. The van der Waals surface area contributed by atoms with Gasteiger partial charge >= 0.3 is 0 Å². The Kier molecular flexibility index (Phi) is 5.99. The molecule has 128 valence electrons. The minimum Gasteiger partial charge on any atom is -0.370 e. The molecule has 0 aliphatic rings. The van der Waals surface area contributed by atoms with E-state index in [0.717, 1.165) is 37.4 Å². The molecule has 0 amide bonds. The normalized spacial score (nSPS) is 10.4. The van der Waals surface area contributed by atoms with E-state index in [9.17, 15) is 0 Å². The zero-order valence-electron chi connectivity index (χ0n) is 14.6. The van der Waals surface area contributed by atoms with Crippen molar-refractivity contribution in [2.24, 2.45) is 0 Å². The molecule has 0 atom stereocenters. The third-order valence-electron chi connectivity index (χ3n) is 3.96. The lowest BCUT2D eigenvalue weighted by Gasteiger charge is -2.10. The molecule has 0 fully saturated rings. The summed E-state index contributed by atoms with van der Waals surface area (Å²) in [6.45, 7) is 3.66. The van der Waals surface area contributed by atoms with Crippen LogP contribution in [-0.4, -0.2) is 23.1 Å². The van der Waals surface area contributed by atoms with Crippen molar-refractivity contribution in [2.45, 2.75) is 19.8 Å². The van der Waals surface area contributed by atoms with Crippen LogP contribution in [0.15, 0.2) is 66.7 Å². The molecule has 4 nitrogen and oxygen atoms in total. The average molecular weight is 332 g/mol. The van der Waals surface area contributed by atoms with Gasteiger partial charge in [-0.15, -0.1) is 0 Å². The van der Waals surface area contributed by atoms with Gasteiger partial charge in [0.1, 0.15) is 5.82 Å². The fraction of sp³-hybridized carbons (Fsp3) is 0.238. The van der Waals surface area contributed by atoms with E-state index in [1.807, 2.05) is 25.1 Å². The van der Waals surface area contributed by atoms with Crippen molar-refractivity contribution >= 4 is 11.8 Å². The molecule has 3 rings (SSSR count). The van der Waals surface area contributed by atoms with E-state index in [0.29, 0.717) is 5.95 Å². The van der Waals surface area contributed by atoms with Gasteiger partial charge < -0.3 is 10.6 Å². The highest BCUT2D eigenvalue weighted by Crippen LogP contribution is 2.10. The van der Waals surface area contributed by atoms with Gasteiger partial charge in [0.05, 0.1) is 0 Å². The SMILES string of the molecule is Cc1cc(NCCc2ccccc2)nc(NCCc2ccccc2)n1. The molecule has 0 unspecified atom stereocenters. The van der Waals surface area contributed by atoms with Gasteiger partial charge in [-0.2, -0.15) is 4.98 Å². The van der Waals surface area contributed by atoms with E-state index < -0.39 is 0 Å². The van der Waals surface area contributed by atoms with Crippen molar-refractivity contribution in [2.75, 3.05) is 23.7 Å². The summed E-state index contributed by atoms with van der Waals surface area (Å²) in [4.78, 5) is 9.03. The van der Waals surface area contributed by atoms with Crippen LogP contribution in [0.25, 0.3) is 0 Å². The number of anilines is 2. The summed E-state index contributed by atoms with van der Waals surface area (Å²) in [6, 6.07) is 22.9. The largest absolute Gasteiger partial charge is 0.370 e. The van der Waals surface area contributed by atoms with Crippen LogP contribution >= 0.6 is 0 Å². The number of hydrogen-bond donors (Lipinski definition) is 2.